The fourth-order valence-electron chi connectivity index (χ4n) is 1.87. The highest BCUT2D eigenvalue weighted by Crippen LogP contribution is 2.15. The molecule has 1 N–H and O–H groups in total. The number of morpholine rings is 1. The maximum absolute atomic E-state index is 12.5. The molecule has 0 unspecified atom stereocenters. The summed E-state index contributed by atoms with van der Waals surface area (Å²) in [5, 5.41) is 9.20. The van der Waals surface area contributed by atoms with E-state index in [1.165, 1.54) is 17.4 Å². The molecule has 0 spiro atoms. The third kappa shape index (κ3) is 2.54. The van der Waals surface area contributed by atoms with Crippen molar-refractivity contribution in [1.82, 2.24) is 13.3 Å². The van der Waals surface area contributed by atoms with Gasteiger partial charge >= 0.3 is 10.2 Å². The summed E-state index contributed by atoms with van der Waals surface area (Å²) in [6.07, 6.45) is 1.19. The molecular weight excluding hydrogens is 274 g/mol. The lowest BCUT2D eigenvalue weighted by Gasteiger charge is -2.27. The van der Waals surface area contributed by atoms with E-state index in [0.717, 1.165) is 3.97 Å². The standard InChI is InChI=1S/C10H15N3O5S/c1-8(15)10-11-6-9(7-14)13(10)19(16,17)12-2-4-18-5-3-12/h6,14H,2-5,7H2,1H3. The number of carbonyl (C=O) groups is 1. The van der Waals surface area contributed by atoms with Gasteiger partial charge in [0.05, 0.1) is 31.7 Å². The fraction of sp³-hybridized carbons (Fsp3) is 0.600. The molecule has 1 aliphatic heterocycles. The first kappa shape index (κ1) is 14.1. The minimum absolute atomic E-state index is 0.0664. The summed E-state index contributed by atoms with van der Waals surface area (Å²) < 4.78 is 32.1. The van der Waals surface area contributed by atoms with Crippen LogP contribution in [-0.4, -0.2) is 58.9 Å². The molecule has 0 aromatic carbocycles. The molecule has 0 atom stereocenters. The lowest BCUT2D eigenvalue weighted by Crippen LogP contribution is -2.44. The average Bonchev–Trinajstić information content (AvgIpc) is 2.84. The minimum Gasteiger partial charge on any atom is -0.390 e. The molecule has 0 bridgehead atoms. The monoisotopic (exact) mass is 289 g/mol. The molecule has 1 aromatic rings. The lowest BCUT2D eigenvalue weighted by molar-refractivity contribution is 0.0724. The first-order valence-corrected chi connectivity index (χ1v) is 7.15. The zero-order valence-electron chi connectivity index (χ0n) is 10.4. The molecule has 1 aromatic heterocycles. The molecule has 9 heteroatoms. The quantitative estimate of drug-likeness (QED) is 0.714. The number of nitrogens with zero attached hydrogens (tertiary/aromatic N) is 3. The number of ketones is 1. The molecule has 8 nitrogen and oxygen atoms in total. The Bertz CT molecular complexity index is 574. The summed E-state index contributed by atoms with van der Waals surface area (Å²) in [5.41, 5.74) is 0.0664. The van der Waals surface area contributed by atoms with Crippen molar-refractivity contribution in [2.24, 2.45) is 0 Å². The van der Waals surface area contributed by atoms with E-state index in [1.54, 1.807) is 0 Å². The third-order valence-electron chi connectivity index (χ3n) is 2.79. The lowest BCUT2D eigenvalue weighted by atomic mass is 10.4. The Kier molecular flexibility index (Phi) is 3.99. The Morgan fingerprint density at radius 2 is 2.11 bits per heavy atom. The van der Waals surface area contributed by atoms with Gasteiger partial charge in [0, 0.05) is 20.0 Å². The summed E-state index contributed by atoms with van der Waals surface area (Å²) in [7, 11) is -3.91. The van der Waals surface area contributed by atoms with E-state index in [1.807, 2.05) is 0 Å². The third-order valence-corrected chi connectivity index (χ3v) is 4.68. The van der Waals surface area contributed by atoms with Gasteiger partial charge in [-0.1, -0.05) is 0 Å². The second-order valence-electron chi connectivity index (χ2n) is 4.07. The zero-order valence-corrected chi connectivity index (χ0v) is 11.3. The molecule has 0 saturated carbocycles. The van der Waals surface area contributed by atoms with Crippen molar-refractivity contribution in [3.63, 3.8) is 0 Å². The number of rotatable bonds is 4. The summed E-state index contributed by atoms with van der Waals surface area (Å²) in [6, 6.07) is 0. The van der Waals surface area contributed by atoms with Crippen LogP contribution >= 0.6 is 0 Å². The molecule has 19 heavy (non-hydrogen) atoms. The first-order chi connectivity index (χ1) is 8.98. The van der Waals surface area contributed by atoms with Gasteiger partial charge in [0.15, 0.2) is 11.6 Å². The van der Waals surface area contributed by atoms with Crippen molar-refractivity contribution in [1.29, 1.82) is 0 Å². The Morgan fingerprint density at radius 3 is 2.63 bits per heavy atom. The number of Topliss-reactive ketones (excluding diaryl/α,β-unsaturated/α-hetero) is 1. The maximum Gasteiger partial charge on any atom is 0.309 e. The van der Waals surface area contributed by atoms with Gasteiger partial charge in [-0.3, -0.25) is 4.79 Å². The Labute approximate surface area is 110 Å². The summed E-state index contributed by atoms with van der Waals surface area (Å²) in [4.78, 5) is 15.2. The van der Waals surface area contributed by atoms with Crippen LogP contribution in [0.3, 0.4) is 0 Å². The number of ether oxygens (including phenoxy) is 1. The topological polar surface area (TPSA) is 102 Å². The summed E-state index contributed by atoms with van der Waals surface area (Å²) >= 11 is 0. The van der Waals surface area contributed by atoms with E-state index < -0.39 is 22.6 Å². The average molecular weight is 289 g/mol. The van der Waals surface area contributed by atoms with Gasteiger partial charge in [0.2, 0.25) is 0 Å². The van der Waals surface area contributed by atoms with Crippen LogP contribution in [0.5, 0.6) is 0 Å². The highest BCUT2D eigenvalue weighted by Gasteiger charge is 2.31. The van der Waals surface area contributed by atoms with Crippen LogP contribution in [0.15, 0.2) is 6.20 Å². The van der Waals surface area contributed by atoms with Crippen LogP contribution in [-0.2, 0) is 21.6 Å². The van der Waals surface area contributed by atoms with E-state index in [0.29, 0.717) is 13.2 Å². The summed E-state index contributed by atoms with van der Waals surface area (Å²) in [5.74, 6) is -0.674. The Hall–Kier alpha value is -1.29. The van der Waals surface area contributed by atoms with E-state index in [2.05, 4.69) is 4.98 Å². The van der Waals surface area contributed by atoms with Crippen LogP contribution in [0.1, 0.15) is 23.2 Å². The first-order valence-electron chi connectivity index (χ1n) is 5.75. The summed E-state index contributed by atoms with van der Waals surface area (Å²) in [6.45, 7) is 1.75. The van der Waals surface area contributed by atoms with Crippen LogP contribution in [0.2, 0.25) is 0 Å². The van der Waals surface area contributed by atoms with E-state index in [4.69, 9.17) is 4.74 Å². The van der Waals surface area contributed by atoms with Gasteiger partial charge in [0.25, 0.3) is 0 Å². The van der Waals surface area contributed by atoms with Crippen molar-refractivity contribution in [2.45, 2.75) is 13.5 Å². The highest BCUT2D eigenvalue weighted by atomic mass is 32.2. The van der Waals surface area contributed by atoms with Gasteiger partial charge in [-0.05, 0) is 0 Å². The second kappa shape index (κ2) is 5.37. The number of hydrogen-bond donors (Lipinski definition) is 1. The molecule has 1 saturated heterocycles. The van der Waals surface area contributed by atoms with Gasteiger partial charge in [-0.2, -0.15) is 12.7 Å². The van der Waals surface area contributed by atoms with Crippen LogP contribution in [0, 0.1) is 0 Å². The number of imidazole rings is 1. The second-order valence-corrected chi connectivity index (χ2v) is 5.85. The number of carbonyl (C=O) groups excluding carboxylic acids is 1. The SMILES string of the molecule is CC(=O)c1ncc(CO)n1S(=O)(=O)N1CCOCC1. The number of aliphatic hydroxyl groups is 1. The number of aromatic nitrogens is 2. The Morgan fingerprint density at radius 1 is 1.47 bits per heavy atom. The van der Waals surface area contributed by atoms with Crippen molar-refractivity contribution < 1.29 is 23.1 Å². The van der Waals surface area contributed by atoms with E-state index in [9.17, 15) is 18.3 Å². The minimum atomic E-state index is -3.91. The number of aliphatic hydroxyl groups excluding tert-OH is 1. The molecule has 1 aliphatic rings. The van der Waals surface area contributed by atoms with Gasteiger partial charge in [-0.25, -0.2) is 8.96 Å². The largest absolute Gasteiger partial charge is 0.390 e. The smallest absolute Gasteiger partial charge is 0.309 e. The molecule has 2 rings (SSSR count). The number of hydrogen-bond acceptors (Lipinski definition) is 6. The van der Waals surface area contributed by atoms with Crippen LogP contribution in [0.4, 0.5) is 0 Å². The Balaban J connectivity index is 2.49. The van der Waals surface area contributed by atoms with Gasteiger partial charge in [0.1, 0.15) is 0 Å². The maximum atomic E-state index is 12.5. The van der Waals surface area contributed by atoms with Gasteiger partial charge < -0.3 is 9.84 Å². The van der Waals surface area contributed by atoms with Crippen molar-refractivity contribution in [3.05, 3.63) is 17.7 Å². The van der Waals surface area contributed by atoms with Gasteiger partial charge in [-0.15, -0.1) is 0 Å². The van der Waals surface area contributed by atoms with Crippen LogP contribution < -0.4 is 0 Å². The zero-order chi connectivity index (χ0) is 14.0. The van der Waals surface area contributed by atoms with E-state index >= 15 is 0 Å². The predicted octanol–water partition coefficient (Wildman–Crippen LogP) is -0.997. The molecule has 2 heterocycles. The molecule has 106 valence electrons. The molecule has 1 fully saturated rings. The predicted molar refractivity (Wildman–Crippen MR) is 64.9 cm³/mol. The van der Waals surface area contributed by atoms with Crippen molar-refractivity contribution in [3.8, 4) is 0 Å². The van der Waals surface area contributed by atoms with Crippen molar-refractivity contribution in [2.75, 3.05) is 26.3 Å². The highest BCUT2D eigenvalue weighted by molar-refractivity contribution is 7.87. The molecular formula is C10H15N3O5S. The van der Waals surface area contributed by atoms with E-state index in [-0.39, 0.29) is 24.6 Å². The molecule has 0 aliphatic carbocycles. The fourth-order valence-corrected chi connectivity index (χ4v) is 3.50. The molecule has 0 radical (unpaired) electrons. The normalized spacial score (nSPS) is 17.6. The molecule has 0 amide bonds. The van der Waals surface area contributed by atoms with Crippen LogP contribution in [0.25, 0.3) is 0 Å². The van der Waals surface area contributed by atoms with Crippen molar-refractivity contribution >= 4 is 16.0 Å².